The van der Waals surface area contributed by atoms with Gasteiger partial charge in [0.25, 0.3) is 5.91 Å². The summed E-state index contributed by atoms with van der Waals surface area (Å²) in [5.41, 5.74) is 4.44. The van der Waals surface area contributed by atoms with Crippen molar-refractivity contribution >= 4 is 22.6 Å². The molecule has 0 unspecified atom stereocenters. The van der Waals surface area contributed by atoms with Crippen molar-refractivity contribution in [2.75, 3.05) is 11.4 Å². The lowest BCUT2D eigenvalue weighted by atomic mass is 10.1. The van der Waals surface area contributed by atoms with Gasteiger partial charge in [-0.1, -0.05) is 18.2 Å². The van der Waals surface area contributed by atoms with Crippen LogP contribution < -0.4 is 4.90 Å². The molecule has 1 aliphatic rings. The van der Waals surface area contributed by atoms with Gasteiger partial charge in [-0.3, -0.25) is 14.8 Å². The van der Waals surface area contributed by atoms with Crippen LogP contribution in [0.5, 0.6) is 0 Å². The SMILES string of the molecule is O=C(c1ccc2nccnc2c1)N1CCc2ccccc21. The first-order chi connectivity index (χ1) is 10.3. The normalized spacial score (nSPS) is 13.4. The topological polar surface area (TPSA) is 46.1 Å². The number of anilines is 1. The molecule has 4 nitrogen and oxygen atoms in total. The van der Waals surface area contributed by atoms with E-state index in [4.69, 9.17) is 0 Å². The number of benzene rings is 2. The van der Waals surface area contributed by atoms with Gasteiger partial charge in [-0.15, -0.1) is 0 Å². The zero-order chi connectivity index (χ0) is 14.2. The van der Waals surface area contributed by atoms with Crippen molar-refractivity contribution in [3.05, 3.63) is 66.0 Å². The van der Waals surface area contributed by atoms with Gasteiger partial charge in [0.1, 0.15) is 0 Å². The first-order valence-electron chi connectivity index (χ1n) is 6.93. The van der Waals surface area contributed by atoms with Crippen molar-refractivity contribution in [1.82, 2.24) is 9.97 Å². The summed E-state index contributed by atoms with van der Waals surface area (Å²) >= 11 is 0. The summed E-state index contributed by atoms with van der Waals surface area (Å²) in [6.07, 6.45) is 4.21. The van der Waals surface area contributed by atoms with Crippen LogP contribution in [0.15, 0.2) is 54.9 Å². The number of nitrogens with zero attached hydrogens (tertiary/aromatic N) is 3. The van der Waals surface area contributed by atoms with Gasteiger partial charge in [0.15, 0.2) is 0 Å². The lowest BCUT2D eigenvalue weighted by molar-refractivity contribution is 0.0989. The van der Waals surface area contributed by atoms with Crippen LogP contribution in [0, 0.1) is 0 Å². The first kappa shape index (κ1) is 12.0. The van der Waals surface area contributed by atoms with Crippen LogP contribution in [0.2, 0.25) is 0 Å². The minimum absolute atomic E-state index is 0.0208. The van der Waals surface area contributed by atoms with Crippen LogP contribution in [-0.2, 0) is 6.42 Å². The van der Waals surface area contributed by atoms with E-state index in [2.05, 4.69) is 16.0 Å². The molecule has 2 heterocycles. The van der Waals surface area contributed by atoms with Crippen LogP contribution in [0.1, 0.15) is 15.9 Å². The van der Waals surface area contributed by atoms with Crippen molar-refractivity contribution in [3.63, 3.8) is 0 Å². The minimum atomic E-state index is 0.0208. The van der Waals surface area contributed by atoms with Gasteiger partial charge in [0.2, 0.25) is 0 Å². The summed E-state index contributed by atoms with van der Waals surface area (Å²) in [5.74, 6) is 0.0208. The number of hydrogen-bond donors (Lipinski definition) is 0. The third kappa shape index (κ3) is 1.96. The third-order valence-electron chi connectivity index (χ3n) is 3.85. The van der Waals surface area contributed by atoms with E-state index in [1.807, 2.05) is 41.3 Å². The number of rotatable bonds is 1. The van der Waals surface area contributed by atoms with E-state index < -0.39 is 0 Å². The van der Waals surface area contributed by atoms with Crippen LogP contribution >= 0.6 is 0 Å². The Bertz CT molecular complexity index is 844. The summed E-state index contributed by atoms with van der Waals surface area (Å²) in [6, 6.07) is 13.5. The van der Waals surface area contributed by atoms with Crippen molar-refractivity contribution in [1.29, 1.82) is 0 Å². The molecule has 0 saturated carbocycles. The van der Waals surface area contributed by atoms with E-state index in [-0.39, 0.29) is 5.91 Å². The number of aromatic nitrogens is 2. The minimum Gasteiger partial charge on any atom is -0.308 e. The van der Waals surface area contributed by atoms with Crippen LogP contribution in [0.3, 0.4) is 0 Å². The van der Waals surface area contributed by atoms with E-state index in [1.54, 1.807) is 12.4 Å². The molecule has 0 fully saturated rings. The molecule has 21 heavy (non-hydrogen) atoms. The summed E-state index contributed by atoms with van der Waals surface area (Å²) in [7, 11) is 0. The number of hydrogen-bond acceptors (Lipinski definition) is 3. The average molecular weight is 275 g/mol. The summed E-state index contributed by atoms with van der Waals surface area (Å²) in [6.45, 7) is 0.733. The molecule has 0 N–H and O–H groups in total. The number of para-hydroxylation sites is 1. The third-order valence-corrected chi connectivity index (χ3v) is 3.85. The highest BCUT2D eigenvalue weighted by molar-refractivity contribution is 6.08. The predicted octanol–water partition coefficient (Wildman–Crippen LogP) is 2.83. The molecular formula is C17H13N3O. The Morgan fingerprint density at radius 2 is 1.81 bits per heavy atom. The Kier molecular flexibility index (Phi) is 2.67. The second kappa shape index (κ2) is 4.66. The molecule has 0 radical (unpaired) electrons. The summed E-state index contributed by atoms with van der Waals surface area (Å²) in [4.78, 5) is 23.1. The molecule has 4 heteroatoms. The maximum atomic E-state index is 12.7. The second-order valence-electron chi connectivity index (χ2n) is 5.10. The fraction of sp³-hybridized carbons (Fsp3) is 0.118. The fourth-order valence-electron chi connectivity index (χ4n) is 2.80. The standard InChI is InChI=1S/C17H13N3O/c21-17(20-10-7-12-3-1-2-4-16(12)20)13-5-6-14-15(11-13)19-9-8-18-14/h1-6,8-9,11H,7,10H2. The quantitative estimate of drug-likeness (QED) is 0.686. The van der Waals surface area contributed by atoms with Crippen LogP contribution in [0.4, 0.5) is 5.69 Å². The van der Waals surface area contributed by atoms with Gasteiger partial charge in [-0.2, -0.15) is 0 Å². The highest BCUT2D eigenvalue weighted by Gasteiger charge is 2.25. The molecule has 0 aliphatic carbocycles. The van der Waals surface area contributed by atoms with E-state index in [0.29, 0.717) is 5.56 Å². The Balaban J connectivity index is 1.74. The maximum Gasteiger partial charge on any atom is 0.258 e. The van der Waals surface area contributed by atoms with Gasteiger partial charge in [0, 0.05) is 30.2 Å². The van der Waals surface area contributed by atoms with E-state index in [1.165, 1.54) is 5.56 Å². The molecule has 1 aliphatic heterocycles. The molecule has 0 atom stereocenters. The Morgan fingerprint density at radius 1 is 1.00 bits per heavy atom. The zero-order valence-corrected chi connectivity index (χ0v) is 11.4. The van der Waals surface area contributed by atoms with Crippen molar-refractivity contribution < 1.29 is 4.79 Å². The van der Waals surface area contributed by atoms with E-state index >= 15 is 0 Å². The van der Waals surface area contributed by atoms with Crippen molar-refractivity contribution in [2.45, 2.75) is 6.42 Å². The fourth-order valence-corrected chi connectivity index (χ4v) is 2.80. The number of carbonyl (C=O) groups is 1. The lowest BCUT2D eigenvalue weighted by Gasteiger charge is -2.17. The molecule has 4 rings (SSSR count). The Morgan fingerprint density at radius 3 is 2.71 bits per heavy atom. The molecule has 3 aromatic rings. The number of amides is 1. The van der Waals surface area contributed by atoms with E-state index in [9.17, 15) is 4.79 Å². The monoisotopic (exact) mass is 275 g/mol. The second-order valence-corrected chi connectivity index (χ2v) is 5.10. The maximum absolute atomic E-state index is 12.7. The van der Waals surface area contributed by atoms with Crippen molar-refractivity contribution in [2.24, 2.45) is 0 Å². The summed E-state index contributed by atoms with van der Waals surface area (Å²) in [5, 5.41) is 0. The van der Waals surface area contributed by atoms with Crippen LogP contribution in [-0.4, -0.2) is 22.4 Å². The highest BCUT2D eigenvalue weighted by atomic mass is 16.2. The average Bonchev–Trinajstić information content (AvgIpc) is 2.98. The molecule has 0 spiro atoms. The molecule has 102 valence electrons. The summed E-state index contributed by atoms with van der Waals surface area (Å²) < 4.78 is 0. The van der Waals surface area contributed by atoms with E-state index in [0.717, 1.165) is 29.7 Å². The molecule has 0 saturated heterocycles. The van der Waals surface area contributed by atoms with Gasteiger partial charge >= 0.3 is 0 Å². The predicted molar refractivity (Wildman–Crippen MR) is 81.4 cm³/mol. The van der Waals surface area contributed by atoms with Gasteiger partial charge < -0.3 is 4.90 Å². The molecule has 1 amide bonds. The molecule has 2 aromatic carbocycles. The number of carbonyl (C=O) groups excluding carboxylic acids is 1. The van der Waals surface area contributed by atoms with Gasteiger partial charge in [-0.25, -0.2) is 0 Å². The highest BCUT2D eigenvalue weighted by Crippen LogP contribution is 2.29. The molecular weight excluding hydrogens is 262 g/mol. The largest absolute Gasteiger partial charge is 0.308 e. The lowest BCUT2D eigenvalue weighted by Crippen LogP contribution is -2.28. The zero-order valence-electron chi connectivity index (χ0n) is 11.4. The van der Waals surface area contributed by atoms with Crippen molar-refractivity contribution in [3.8, 4) is 0 Å². The van der Waals surface area contributed by atoms with Gasteiger partial charge in [-0.05, 0) is 36.2 Å². The Hall–Kier alpha value is -2.75. The molecule has 1 aromatic heterocycles. The Labute approximate surface area is 122 Å². The van der Waals surface area contributed by atoms with Gasteiger partial charge in [0.05, 0.1) is 11.0 Å². The number of fused-ring (bicyclic) bond motifs is 2. The van der Waals surface area contributed by atoms with Crippen LogP contribution in [0.25, 0.3) is 11.0 Å². The first-order valence-corrected chi connectivity index (χ1v) is 6.93. The molecule has 0 bridgehead atoms. The smallest absolute Gasteiger partial charge is 0.258 e.